The number of likely N-dealkylation sites (tertiary alicyclic amines) is 1. The van der Waals surface area contributed by atoms with Gasteiger partial charge in [0.15, 0.2) is 23.0 Å². The number of halogens is 1. The van der Waals surface area contributed by atoms with Crippen LogP contribution in [0.3, 0.4) is 0 Å². The van der Waals surface area contributed by atoms with Crippen LogP contribution in [0.1, 0.15) is 24.0 Å². The highest BCUT2D eigenvalue weighted by molar-refractivity contribution is 5.85. The van der Waals surface area contributed by atoms with Gasteiger partial charge in [0.1, 0.15) is 11.4 Å². The highest BCUT2D eigenvalue weighted by atomic mass is 35.5. The second kappa shape index (κ2) is 10.5. The van der Waals surface area contributed by atoms with Crippen LogP contribution < -0.4 is 23.7 Å². The summed E-state index contributed by atoms with van der Waals surface area (Å²) in [5.41, 5.74) is -0.201. The zero-order valence-corrected chi connectivity index (χ0v) is 21.4. The van der Waals surface area contributed by atoms with Gasteiger partial charge in [-0.15, -0.1) is 12.4 Å². The Labute approximate surface area is 229 Å². The largest absolute Gasteiger partial charge is 0.454 e. The molecule has 204 valence electrons. The number of benzene rings is 3. The van der Waals surface area contributed by atoms with E-state index in [1.54, 1.807) is 29.2 Å². The van der Waals surface area contributed by atoms with Crippen molar-refractivity contribution in [3.63, 3.8) is 0 Å². The lowest BCUT2D eigenvalue weighted by molar-refractivity contribution is -0.384. The molecule has 0 radical (unpaired) electrons. The minimum absolute atomic E-state index is 0. The standard InChI is InChI=1S/C27H24N2O9.ClH/c30-26(38-21-5-3-20(4-6-21)29(32)33)28-11-9-17(10-12-28)27(31,18-1-7-22-24(13-18)36-15-34-22)19-2-8-23-25(14-19)37-16-35-23;/h1-8,13-14,17,31H,9-12,15-16H2;1H. The van der Waals surface area contributed by atoms with Gasteiger partial charge in [0.05, 0.1) is 4.92 Å². The molecular weight excluding hydrogens is 532 g/mol. The molecule has 1 fully saturated rings. The first-order chi connectivity index (χ1) is 18.4. The molecule has 12 heteroatoms. The fourth-order valence-corrected chi connectivity index (χ4v) is 5.19. The zero-order chi connectivity index (χ0) is 26.3. The fourth-order valence-electron chi connectivity index (χ4n) is 5.19. The topological polar surface area (TPSA) is 130 Å². The molecule has 0 aromatic heterocycles. The van der Waals surface area contributed by atoms with Crippen molar-refractivity contribution in [2.24, 2.45) is 5.92 Å². The lowest BCUT2D eigenvalue weighted by atomic mass is 9.72. The number of nitrogens with zero attached hydrogens (tertiary/aromatic N) is 2. The number of amides is 1. The maximum Gasteiger partial charge on any atom is 0.415 e. The van der Waals surface area contributed by atoms with Gasteiger partial charge in [-0.3, -0.25) is 10.1 Å². The van der Waals surface area contributed by atoms with E-state index in [2.05, 4.69) is 0 Å². The number of nitro groups is 1. The summed E-state index contributed by atoms with van der Waals surface area (Å²) in [5, 5.41) is 23.2. The second-order valence-corrected chi connectivity index (χ2v) is 9.28. The third-order valence-corrected chi connectivity index (χ3v) is 7.22. The predicted octanol–water partition coefficient (Wildman–Crippen LogP) is 4.62. The summed E-state index contributed by atoms with van der Waals surface area (Å²) in [6.07, 6.45) is 0.441. The van der Waals surface area contributed by atoms with Crippen LogP contribution in [0.4, 0.5) is 10.5 Å². The van der Waals surface area contributed by atoms with Gasteiger partial charge >= 0.3 is 6.09 Å². The number of non-ortho nitro benzene ring substituents is 1. The number of rotatable bonds is 5. The van der Waals surface area contributed by atoms with Crippen LogP contribution in [0, 0.1) is 16.0 Å². The molecule has 0 unspecified atom stereocenters. The molecule has 3 aliphatic heterocycles. The number of nitro benzene ring substituents is 1. The predicted molar refractivity (Wildman–Crippen MR) is 139 cm³/mol. The quantitative estimate of drug-likeness (QED) is 0.353. The molecule has 0 spiro atoms. The van der Waals surface area contributed by atoms with Crippen molar-refractivity contribution in [1.82, 2.24) is 4.90 Å². The molecule has 0 bridgehead atoms. The second-order valence-electron chi connectivity index (χ2n) is 9.28. The normalized spacial score (nSPS) is 16.0. The number of piperidine rings is 1. The van der Waals surface area contributed by atoms with Crippen LogP contribution in [-0.4, -0.2) is 47.7 Å². The van der Waals surface area contributed by atoms with E-state index in [4.69, 9.17) is 23.7 Å². The first-order valence-corrected chi connectivity index (χ1v) is 12.2. The van der Waals surface area contributed by atoms with Crippen LogP contribution >= 0.6 is 12.4 Å². The number of aliphatic hydroxyl groups is 1. The molecule has 1 saturated heterocycles. The van der Waals surface area contributed by atoms with Crippen LogP contribution in [0.15, 0.2) is 60.7 Å². The van der Waals surface area contributed by atoms with Gasteiger partial charge in [0, 0.05) is 25.2 Å². The Morgan fingerprint density at radius 3 is 1.90 bits per heavy atom. The summed E-state index contributed by atoms with van der Waals surface area (Å²) in [5.74, 6) is 2.33. The Morgan fingerprint density at radius 1 is 0.872 bits per heavy atom. The van der Waals surface area contributed by atoms with Crippen molar-refractivity contribution in [2.75, 3.05) is 26.7 Å². The van der Waals surface area contributed by atoms with Gasteiger partial charge in [0.2, 0.25) is 13.6 Å². The molecule has 3 aromatic rings. The molecule has 1 N–H and O–H groups in total. The highest BCUT2D eigenvalue weighted by Crippen LogP contribution is 2.47. The molecule has 11 nitrogen and oxygen atoms in total. The van der Waals surface area contributed by atoms with Crippen LogP contribution in [0.5, 0.6) is 28.7 Å². The first-order valence-electron chi connectivity index (χ1n) is 12.2. The smallest absolute Gasteiger partial charge is 0.415 e. The van der Waals surface area contributed by atoms with Crippen molar-refractivity contribution in [2.45, 2.75) is 18.4 Å². The molecule has 3 heterocycles. The third-order valence-electron chi connectivity index (χ3n) is 7.22. The number of hydrogen-bond donors (Lipinski definition) is 1. The molecule has 0 aliphatic carbocycles. The molecule has 3 aliphatic rings. The Kier molecular flexibility index (Phi) is 7.11. The summed E-state index contributed by atoms with van der Waals surface area (Å²) in [6, 6.07) is 16.2. The summed E-state index contributed by atoms with van der Waals surface area (Å²) in [4.78, 5) is 24.7. The van der Waals surface area contributed by atoms with Crippen molar-refractivity contribution in [3.8, 4) is 28.7 Å². The lowest BCUT2D eigenvalue weighted by Crippen LogP contribution is -2.46. The van der Waals surface area contributed by atoms with Gasteiger partial charge in [-0.05, 0) is 66.3 Å². The van der Waals surface area contributed by atoms with Crippen LogP contribution in [0.25, 0.3) is 0 Å². The Balaban J connectivity index is 0.00000308. The van der Waals surface area contributed by atoms with E-state index in [0.29, 0.717) is 60.1 Å². The monoisotopic (exact) mass is 556 g/mol. The number of carbonyl (C=O) groups excluding carboxylic acids is 1. The van der Waals surface area contributed by atoms with Crippen molar-refractivity contribution >= 4 is 24.2 Å². The SMILES string of the molecule is Cl.O=C(Oc1ccc([N+](=O)[O-])cc1)N1CCC(C(O)(c2ccc3c(c2)OCO3)c2ccc3c(c2)OCO3)CC1. The van der Waals surface area contributed by atoms with E-state index in [1.165, 1.54) is 24.3 Å². The van der Waals surface area contributed by atoms with E-state index >= 15 is 0 Å². The molecule has 3 aromatic carbocycles. The van der Waals surface area contributed by atoms with Gasteiger partial charge < -0.3 is 33.7 Å². The average molecular weight is 557 g/mol. The third kappa shape index (κ3) is 4.86. The molecule has 0 saturated carbocycles. The summed E-state index contributed by atoms with van der Waals surface area (Å²) >= 11 is 0. The van der Waals surface area contributed by atoms with E-state index in [-0.39, 0.29) is 43.3 Å². The maximum absolute atomic E-state index is 12.8. The summed E-state index contributed by atoms with van der Waals surface area (Å²) < 4.78 is 27.5. The minimum Gasteiger partial charge on any atom is -0.454 e. The highest BCUT2D eigenvalue weighted by Gasteiger charge is 2.44. The average Bonchev–Trinajstić information content (AvgIpc) is 3.61. The van der Waals surface area contributed by atoms with Gasteiger partial charge in [-0.25, -0.2) is 4.79 Å². The van der Waals surface area contributed by atoms with Crippen LogP contribution in [-0.2, 0) is 5.60 Å². The molecular formula is C27H25ClN2O9. The van der Waals surface area contributed by atoms with E-state index in [0.717, 1.165) is 0 Å². The minimum atomic E-state index is -1.41. The lowest BCUT2D eigenvalue weighted by Gasteiger charge is -2.42. The van der Waals surface area contributed by atoms with Crippen LogP contribution in [0.2, 0.25) is 0 Å². The zero-order valence-electron chi connectivity index (χ0n) is 20.6. The number of ether oxygens (including phenoxy) is 5. The van der Waals surface area contributed by atoms with Crippen molar-refractivity contribution < 1.29 is 38.5 Å². The molecule has 0 atom stereocenters. The molecule has 39 heavy (non-hydrogen) atoms. The van der Waals surface area contributed by atoms with Gasteiger partial charge in [-0.2, -0.15) is 0 Å². The van der Waals surface area contributed by atoms with Crippen molar-refractivity contribution in [3.05, 3.63) is 81.9 Å². The van der Waals surface area contributed by atoms with Gasteiger partial charge in [0.25, 0.3) is 5.69 Å². The van der Waals surface area contributed by atoms with E-state index < -0.39 is 16.6 Å². The Hall–Kier alpha value is -4.22. The fraction of sp³-hybridized carbons (Fsp3) is 0.296. The Bertz CT molecular complexity index is 1330. The van der Waals surface area contributed by atoms with Gasteiger partial charge in [-0.1, -0.05) is 12.1 Å². The Morgan fingerprint density at radius 2 is 1.38 bits per heavy atom. The van der Waals surface area contributed by atoms with Crippen molar-refractivity contribution in [1.29, 1.82) is 0 Å². The molecule has 6 rings (SSSR count). The molecule has 1 amide bonds. The summed E-state index contributed by atoms with van der Waals surface area (Å²) in [7, 11) is 0. The number of hydrogen-bond acceptors (Lipinski definition) is 9. The summed E-state index contributed by atoms with van der Waals surface area (Å²) in [6.45, 7) is 0.953. The first kappa shape index (κ1) is 26.4. The number of fused-ring (bicyclic) bond motifs is 2. The number of carbonyl (C=O) groups is 1. The van der Waals surface area contributed by atoms with E-state index in [1.807, 2.05) is 12.1 Å². The van der Waals surface area contributed by atoms with E-state index in [9.17, 15) is 20.0 Å². The maximum atomic E-state index is 12.8.